The van der Waals surface area contributed by atoms with Crippen LogP contribution in [0.4, 0.5) is 5.69 Å². The van der Waals surface area contributed by atoms with Gasteiger partial charge < -0.3 is 25.4 Å². The van der Waals surface area contributed by atoms with Crippen LogP contribution < -0.4 is 15.8 Å². The Labute approximate surface area is 192 Å². The van der Waals surface area contributed by atoms with Crippen molar-refractivity contribution in [3.63, 3.8) is 0 Å². The molecule has 33 heavy (non-hydrogen) atoms. The highest BCUT2D eigenvalue weighted by Crippen LogP contribution is 2.34. The first-order chi connectivity index (χ1) is 15.9. The summed E-state index contributed by atoms with van der Waals surface area (Å²) in [5.41, 5.74) is 7.61. The summed E-state index contributed by atoms with van der Waals surface area (Å²) in [4.78, 5) is 42.6. The highest BCUT2D eigenvalue weighted by Gasteiger charge is 2.32. The fourth-order valence-electron chi connectivity index (χ4n) is 4.28. The van der Waals surface area contributed by atoms with Crippen LogP contribution in [-0.4, -0.2) is 53.5 Å². The molecule has 2 fully saturated rings. The van der Waals surface area contributed by atoms with Gasteiger partial charge in [0.15, 0.2) is 0 Å². The quantitative estimate of drug-likeness (QED) is 0.671. The Morgan fingerprint density at radius 2 is 2.03 bits per heavy atom. The first-order valence-electron chi connectivity index (χ1n) is 11.1. The molecule has 2 aliphatic heterocycles. The number of primary amides is 1. The summed E-state index contributed by atoms with van der Waals surface area (Å²) in [5, 5.41) is 2.53. The van der Waals surface area contributed by atoms with Crippen molar-refractivity contribution >= 4 is 23.4 Å². The molecule has 9 heteroatoms. The van der Waals surface area contributed by atoms with E-state index in [2.05, 4.69) is 10.3 Å². The number of piperidine rings is 1. The van der Waals surface area contributed by atoms with Gasteiger partial charge in [-0.25, -0.2) is 0 Å². The second-order valence-electron chi connectivity index (χ2n) is 8.42. The van der Waals surface area contributed by atoms with Gasteiger partial charge in [-0.1, -0.05) is 12.1 Å². The molecule has 2 saturated heterocycles. The molecule has 9 nitrogen and oxygen atoms in total. The third-order valence-corrected chi connectivity index (χ3v) is 6.00. The lowest BCUT2D eigenvalue weighted by Crippen LogP contribution is -2.44. The Kier molecular flexibility index (Phi) is 6.88. The largest absolute Gasteiger partial charge is 0.488 e. The number of aryl methyl sites for hydroxylation is 1. The molecule has 2 atom stereocenters. The number of nitrogens with one attached hydrogen (secondary N) is 1. The molecule has 174 valence electrons. The number of benzene rings is 1. The lowest BCUT2D eigenvalue weighted by atomic mass is 9.93. The summed E-state index contributed by atoms with van der Waals surface area (Å²) < 4.78 is 11.4. The average molecular weight is 453 g/mol. The predicted molar refractivity (Wildman–Crippen MR) is 121 cm³/mol. The SMILES string of the molecule is Cc1cc([C@@H]2CCCCN2C(=O)C(=O)Nc2cncc(C(N)=O)c2)ccc1OC1CCOC1. The standard InChI is InChI=1S/C24H28N4O5/c1-15-10-16(5-6-21(15)33-19-7-9-32-14-19)20-4-2-3-8-28(20)24(31)23(30)27-18-11-17(22(25)29)12-26-13-18/h5-6,10-13,19-20H,2-4,7-9,14H2,1H3,(H2,25,29)(H,27,30)/t19?,20-/m0/s1. The van der Waals surface area contributed by atoms with Crippen LogP contribution in [0.1, 0.15) is 53.2 Å². The van der Waals surface area contributed by atoms with Crippen LogP contribution in [0, 0.1) is 6.92 Å². The van der Waals surface area contributed by atoms with Crippen LogP contribution in [-0.2, 0) is 14.3 Å². The molecule has 1 aromatic carbocycles. The number of pyridine rings is 1. The van der Waals surface area contributed by atoms with Crippen LogP contribution in [0.5, 0.6) is 5.75 Å². The Morgan fingerprint density at radius 1 is 1.18 bits per heavy atom. The van der Waals surface area contributed by atoms with E-state index >= 15 is 0 Å². The number of hydrogen-bond acceptors (Lipinski definition) is 6. The number of likely N-dealkylation sites (tertiary alicyclic amines) is 1. The summed E-state index contributed by atoms with van der Waals surface area (Å²) in [5.74, 6) is -1.25. The number of carbonyl (C=O) groups excluding carboxylic acids is 3. The third-order valence-electron chi connectivity index (χ3n) is 6.00. The third kappa shape index (κ3) is 5.31. The predicted octanol–water partition coefficient (Wildman–Crippen LogP) is 2.35. The van der Waals surface area contributed by atoms with Gasteiger partial charge in [0.05, 0.1) is 36.7 Å². The minimum Gasteiger partial charge on any atom is -0.488 e. The van der Waals surface area contributed by atoms with Gasteiger partial charge in [0.1, 0.15) is 11.9 Å². The fourth-order valence-corrected chi connectivity index (χ4v) is 4.28. The number of anilines is 1. The molecule has 3 heterocycles. The number of rotatable bonds is 5. The van der Waals surface area contributed by atoms with Gasteiger partial charge in [-0.05, 0) is 49.4 Å². The Balaban J connectivity index is 1.47. The van der Waals surface area contributed by atoms with Crippen molar-refractivity contribution in [2.75, 3.05) is 25.1 Å². The highest BCUT2D eigenvalue weighted by atomic mass is 16.5. The molecule has 0 radical (unpaired) electrons. The minimum atomic E-state index is -0.775. The highest BCUT2D eigenvalue weighted by molar-refractivity contribution is 6.39. The van der Waals surface area contributed by atoms with Crippen molar-refractivity contribution in [1.82, 2.24) is 9.88 Å². The van der Waals surface area contributed by atoms with Gasteiger partial charge in [-0.15, -0.1) is 0 Å². The summed E-state index contributed by atoms with van der Waals surface area (Å²) in [6.07, 6.45) is 6.17. The van der Waals surface area contributed by atoms with Crippen molar-refractivity contribution in [3.05, 3.63) is 53.3 Å². The monoisotopic (exact) mass is 452 g/mol. The zero-order valence-corrected chi connectivity index (χ0v) is 18.6. The number of nitrogens with zero attached hydrogens (tertiary/aromatic N) is 2. The number of carbonyl (C=O) groups is 3. The Bertz CT molecular complexity index is 1050. The van der Waals surface area contributed by atoms with Crippen molar-refractivity contribution in [2.45, 2.75) is 44.8 Å². The van der Waals surface area contributed by atoms with Gasteiger partial charge in [0.25, 0.3) is 0 Å². The molecule has 0 spiro atoms. The molecule has 2 aromatic rings. The van der Waals surface area contributed by atoms with Gasteiger partial charge in [0.2, 0.25) is 5.91 Å². The molecule has 4 rings (SSSR count). The summed E-state index contributed by atoms with van der Waals surface area (Å²) in [6.45, 7) is 3.78. The summed E-state index contributed by atoms with van der Waals surface area (Å²) in [7, 11) is 0. The topological polar surface area (TPSA) is 124 Å². The molecular weight excluding hydrogens is 424 g/mol. The minimum absolute atomic E-state index is 0.0635. The van der Waals surface area contributed by atoms with E-state index in [1.807, 2.05) is 25.1 Å². The van der Waals surface area contributed by atoms with E-state index in [1.165, 1.54) is 18.5 Å². The number of nitrogens with two attached hydrogens (primary N) is 1. The van der Waals surface area contributed by atoms with Crippen molar-refractivity contribution < 1.29 is 23.9 Å². The molecule has 1 unspecified atom stereocenters. The first-order valence-corrected chi connectivity index (χ1v) is 11.1. The number of amides is 3. The molecule has 2 aliphatic rings. The molecule has 0 aliphatic carbocycles. The van der Waals surface area contributed by atoms with Crippen molar-refractivity contribution in [1.29, 1.82) is 0 Å². The molecule has 0 saturated carbocycles. The zero-order valence-electron chi connectivity index (χ0n) is 18.6. The van der Waals surface area contributed by atoms with E-state index in [4.69, 9.17) is 15.2 Å². The molecule has 1 aromatic heterocycles. The normalized spacial score (nSPS) is 20.3. The zero-order chi connectivity index (χ0) is 23.4. The number of hydrogen-bond donors (Lipinski definition) is 2. The van der Waals surface area contributed by atoms with Crippen molar-refractivity contribution in [3.8, 4) is 5.75 Å². The molecule has 3 N–H and O–H groups in total. The van der Waals surface area contributed by atoms with Gasteiger partial charge in [0, 0.05) is 19.2 Å². The number of ether oxygens (including phenoxy) is 2. The van der Waals surface area contributed by atoms with Crippen LogP contribution in [0.25, 0.3) is 0 Å². The molecule has 0 bridgehead atoms. The van der Waals surface area contributed by atoms with E-state index in [0.717, 1.165) is 42.6 Å². The van der Waals surface area contributed by atoms with E-state index in [-0.39, 0.29) is 23.4 Å². The maximum absolute atomic E-state index is 13.1. The lowest BCUT2D eigenvalue weighted by molar-refractivity contribution is -0.145. The van der Waals surface area contributed by atoms with Gasteiger partial charge in [-0.3, -0.25) is 19.4 Å². The van der Waals surface area contributed by atoms with Crippen LogP contribution in [0.3, 0.4) is 0 Å². The summed E-state index contributed by atoms with van der Waals surface area (Å²) >= 11 is 0. The van der Waals surface area contributed by atoms with Crippen LogP contribution >= 0.6 is 0 Å². The van der Waals surface area contributed by atoms with Gasteiger partial charge in [-0.2, -0.15) is 0 Å². The molecule has 3 amide bonds. The maximum Gasteiger partial charge on any atom is 0.313 e. The van der Waals surface area contributed by atoms with E-state index in [1.54, 1.807) is 4.90 Å². The van der Waals surface area contributed by atoms with Crippen LogP contribution in [0.2, 0.25) is 0 Å². The van der Waals surface area contributed by atoms with E-state index < -0.39 is 17.7 Å². The Morgan fingerprint density at radius 3 is 2.76 bits per heavy atom. The van der Waals surface area contributed by atoms with E-state index in [9.17, 15) is 14.4 Å². The summed E-state index contributed by atoms with van der Waals surface area (Å²) in [6, 6.07) is 7.12. The lowest BCUT2D eigenvalue weighted by Gasteiger charge is -2.36. The van der Waals surface area contributed by atoms with Crippen LogP contribution in [0.15, 0.2) is 36.7 Å². The molecular formula is C24H28N4O5. The van der Waals surface area contributed by atoms with Crippen molar-refractivity contribution in [2.24, 2.45) is 5.73 Å². The Hall–Kier alpha value is -3.46. The maximum atomic E-state index is 13.1. The fraction of sp³-hybridized carbons (Fsp3) is 0.417. The second kappa shape index (κ2) is 9.99. The average Bonchev–Trinajstić information content (AvgIpc) is 3.33. The second-order valence-corrected chi connectivity index (χ2v) is 8.42. The van der Waals surface area contributed by atoms with E-state index in [0.29, 0.717) is 19.8 Å². The number of aromatic nitrogens is 1. The van der Waals surface area contributed by atoms with Gasteiger partial charge >= 0.3 is 11.8 Å². The first kappa shape index (κ1) is 22.7. The smallest absolute Gasteiger partial charge is 0.313 e.